The molecule has 0 aromatic carbocycles. The molecule has 1 unspecified atom stereocenters. The Balaban J connectivity index is 1.74. The number of nitrogens with one attached hydrogen (secondary N) is 1. The van der Waals surface area contributed by atoms with E-state index in [2.05, 4.69) is 79.7 Å². The Morgan fingerprint density at radius 1 is 1.37 bits per heavy atom. The van der Waals surface area contributed by atoms with Crippen LogP contribution < -0.4 is 5.43 Å². The Kier molecular flexibility index (Phi) is 10.7. The Bertz CT molecular complexity index is 709. The van der Waals surface area contributed by atoms with Crippen LogP contribution in [-0.4, -0.2) is 24.8 Å². The van der Waals surface area contributed by atoms with Crippen molar-refractivity contribution in [1.29, 1.82) is 0 Å². The van der Waals surface area contributed by atoms with Gasteiger partial charge in [-0.05, 0) is 100 Å². The third-order valence-electron chi connectivity index (χ3n) is 6.55. The van der Waals surface area contributed by atoms with Crippen LogP contribution >= 0.6 is 0 Å². The van der Waals surface area contributed by atoms with Gasteiger partial charge < -0.3 is 5.01 Å². The summed E-state index contributed by atoms with van der Waals surface area (Å²) in [7, 11) is 2.08. The van der Waals surface area contributed by atoms with Gasteiger partial charge in [-0.25, -0.2) is 10.4 Å². The molecule has 1 fully saturated rings. The molecule has 0 radical (unpaired) electrons. The van der Waals surface area contributed by atoms with Crippen molar-refractivity contribution in [2.75, 3.05) is 13.6 Å². The van der Waals surface area contributed by atoms with Crippen molar-refractivity contribution in [2.45, 2.75) is 72.1 Å². The monoisotopic (exact) mass is 407 g/mol. The fourth-order valence-electron chi connectivity index (χ4n) is 4.82. The van der Waals surface area contributed by atoms with Gasteiger partial charge in [0, 0.05) is 19.8 Å². The van der Waals surface area contributed by atoms with Crippen LogP contribution in [0.1, 0.15) is 72.1 Å². The van der Waals surface area contributed by atoms with Gasteiger partial charge in [0.05, 0.1) is 11.9 Å². The van der Waals surface area contributed by atoms with Crippen molar-refractivity contribution in [3.8, 4) is 12.3 Å². The van der Waals surface area contributed by atoms with Gasteiger partial charge in [0.25, 0.3) is 0 Å². The molecule has 3 heteroatoms. The molecule has 0 aliphatic heterocycles. The van der Waals surface area contributed by atoms with Crippen LogP contribution in [0, 0.1) is 30.1 Å². The fourth-order valence-corrected chi connectivity index (χ4v) is 4.82. The number of hydrogen-bond acceptors (Lipinski definition) is 3. The summed E-state index contributed by atoms with van der Waals surface area (Å²) in [4.78, 5) is 4.48. The minimum atomic E-state index is 0.778. The van der Waals surface area contributed by atoms with E-state index < -0.39 is 0 Å². The van der Waals surface area contributed by atoms with E-state index in [0.717, 1.165) is 42.8 Å². The molecule has 0 aromatic heterocycles. The van der Waals surface area contributed by atoms with Crippen molar-refractivity contribution in [3.63, 3.8) is 0 Å². The molecule has 1 saturated carbocycles. The van der Waals surface area contributed by atoms with Crippen LogP contribution in [0.25, 0.3) is 0 Å². The Morgan fingerprint density at radius 3 is 2.83 bits per heavy atom. The van der Waals surface area contributed by atoms with Crippen LogP contribution in [0.3, 0.4) is 0 Å². The van der Waals surface area contributed by atoms with Gasteiger partial charge in [-0.3, -0.25) is 0 Å². The molecule has 0 spiro atoms. The lowest BCUT2D eigenvalue weighted by Gasteiger charge is -2.33. The first-order valence-corrected chi connectivity index (χ1v) is 11.7. The van der Waals surface area contributed by atoms with E-state index >= 15 is 0 Å². The molecule has 30 heavy (non-hydrogen) atoms. The number of allylic oxidation sites excluding steroid dienone is 6. The summed E-state index contributed by atoms with van der Waals surface area (Å²) >= 11 is 0. The van der Waals surface area contributed by atoms with E-state index in [1.54, 1.807) is 6.21 Å². The van der Waals surface area contributed by atoms with E-state index in [0.29, 0.717) is 0 Å². The van der Waals surface area contributed by atoms with Crippen molar-refractivity contribution in [1.82, 2.24) is 10.4 Å². The standard InChI is InChI=1S/C27H41N3/c1-6-10-22(3)21-30(5)29-19-17-23(4)25-15-13-24(14-16-25)20-26-11-8-9-12-27(26)28-18-7-2/h2,6,9-10,12,18,21,23-25,29H,8,11,13-17,19-20H2,1,3-5H3/b10-6-,22-21-,28-18?. The molecule has 0 amide bonds. The maximum atomic E-state index is 5.34. The Morgan fingerprint density at radius 2 is 2.13 bits per heavy atom. The summed E-state index contributed by atoms with van der Waals surface area (Å²) in [5.74, 6) is 4.98. The first-order valence-electron chi connectivity index (χ1n) is 11.7. The third kappa shape index (κ3) is 8.36. The van der Waals surface area contributed by atoms with Gasteiger partial charge in [0.1, 0.15) is 0 Å². The molecule has 1 atom stereocenters. The number of hydrogen-bond donors (Lipinski definition) is 1. The van der Waals surface area contributed by atoms with Gasteiger partial charge in [-0.15, -0.1) is 6.42 Å². The van der Waals surface area contributed by atoms with Crippen molar-refractivity contribution >= 4 is 6.21 Å². The highest BCUT2D eigenvalue weighted by molar-refractivity contribution is 5.78. The number of nitrogens with zero attached hydrogens (tertiary/aromatic N) is 2. The molecule has 164 valence electrons. The zero-order valence-corrected chi connectivity index (χ0v) is 19.5. The Hall–Kier alpha value is -2.05. The minimum Gasteiger partial charge on any atom is -0.318 e. The van der Waals surface area contributed by atoms with E-state index in [-0.39, 0.29) is 0 Å². The summed E-state index contributed by atoms with van der Waals surface area (Å²) in [6.45, 7) is 7.65. The number of aliphatic imine (C=N–C) groups is 1. The van der Waals surface area contributed by atoms with Crippen LogP contribution in [0.5, 0.6) is 0 Å². The molecular formula is C27H41N3. The van der Waals surface area contributed by atoms with Gasteiger partial charge in [-0.2, -0.15) is 0 Å². The maximum Gasteiger partial charge on any atom is 0.0771 e. The normalized spacial score (nSPS) is 23.9. The molecule has 0 saturated heterocycles. The van der Waals surface area contributed by atoms with Crippen molar-refractivity contribution < 1.29 is 0 Å². The number of terminal acetylenes is 1. The van der Waals surface area contributed by atoms with E-state index in [4.69, 9.17) is 6.42 Å². The van der Waals surface area contributed by atoms with E-state index in [1.807, 2.05) is 0 Å². The molecule has 2 rings (SSSR count). The highest BCUT2D eigenvalue weighted by atomic mass is 15.5. The fraction of sp³-hybridized carbons (Fsp3) is 0.593. The van der Waals surface area contributed by atoms with Crippen molar-refractivity contribution in [3.05, 3.63) is 47.3 Å². The first-order chi connectivity index (χ1) is 14.5. The molecule has 3 nitrogen and oxygen atoms in total. The lowest BCUT2D eigenvalue weighted by molar-refractivity contribution is 0.196. The summed E-state index contributed by atoms with van der Waals surface area (Å²) in [5.41, 5.74) is 7.39. The predicted octanol–water partition coefficient (Wildman–Crippen LogP) is 6.43. The van der Waals surface area contributed by atoms with Crippen LogP contribution in [0.2, 0.25) is 0 Å². The smallest absolute Gasteiger partial charge is 0.0771 e. The zero-order chi connectivity index (χ0) is 21.8. The van der Waals surface area contributed by atoms with Crippen LogP contribution in [-0.2, 0) is 0 Å². The highest BCUT2D eigenvalue weighted by Gasteiger charge is 2.26. The molecule has 0 aromatic rings. The van der Waals surface area contributed by atoms with Crippen molar-refractivity contribution in [2.24, 2.45) is 22.7 Å². The molecule has 0 heterocycles. The maximum absolute atomic E-state index is 5.34. The summed E-state index contributed by atoms with van der Waals surface area (Å²) < 4.78 is 0. The zero-order valence-electron chi connectivity index (χ0n) is 19.5. The Labute approximate surface area is 185 Å². The molecule has 0 bridgehead atoms. The lowest BCUT2D eigenvalue weighted by Crippen LogP contribution is -2.32. The summed E-state index contributed by atoms with van der Waals surface area (Å²) in [5, 5.41) is 2.09. The second kappa shape index (κ2) is 13.3. The van der Waals surface area contributed by atoms with Crippen LogP contribution in [0.4, 0.5) is 0 Å². The highest BCUT2D eigenvalue weighted by Crippen LogP contribution is 2.38. The number of rotatable bonds is 10. The van der Waals surface area contributed by atoms with E-state index in [1.165, 1.54) is 49.7 Å². The van der Waals surface area contributed by atoms with Gasteiger partial charge in [0.2, 0.25) is 0 Å². The largest absolute Gasteiger partial charge is 0.318 e. The molecule has 2 aliphatic rings. The third-order valence-corrected chi connectivity index (χ3v) is 6.55. The second-order valence-corrected chi connectivity index (χ2v) is 9.00. The van der Waals surface area contributed by atoms with Gasteiger partial charge >= 0.3 is 0 Å². The van der Waals surface area contributed by atoms with Gasteiger partial charge in [-0.1, -0.05) is 31.1 Å². The van der Waals surface area contributed by atoms with E-state index in [9.17, 15) is 0 Å². The average Bonchev–Trinajstić information content (AvgIpc) is 2.73. The topological polar surface area (TPSA) is 27.6 Å². The van der Waals surface area contributed by atoms with Gasteiger partial charge in [0.15, 0.2) is 0 Å². The first kappa shape index (κ1) is 24.2. The summed E-state index contributed by atoms with van der Waals surface area (Å²) in [6.07, 6.45) is 27.8. The quantitative estimate of drug-likeness (QED) is 0.195. The molecular weight excluding hydrogens is 366 g/mol. The minimum absolute atomic E-state index is 0.778. The molecule has 1 N–H and O–H groups in total. The SMILES string of the molecule is C#CC=NC1=C(CC2CCC(C(C)CCNN(C)/C=C(C)\C=C/C)CC2)CCC=C1. The lowest BCUT2D eigenvalue weighted by atomic mass is 9.73. The van der Waals surface area contributed by atoms with Crippen LogP contribution in [0.15, 0.2) is 52.3 Å². The second-order valence-electron chi connectivity index (χ2n) is 9.00. The number of hydrazine groups is 1. The summed E-state index contributed by atoms with van der Waals surface area (Å²) in [6, 6.07) is 0. The molecule has 2 aliphatic carbocycles. The predicted molar refractivity (Wildman–Crippen MR) is 131 cm³/mol. The average molecular weight is 408 g/mol.